The van der Waals surface area contributed by atoms with E-state index in [1.807, 2.05) is 11.8 Å². The monoisotopic (exact) mass is 228 g/mol. The molecule has 0 aromatic carbocycles. The molecule has 4 heteroatoms. The van der Waals surface area contributed by atoms with E-state index in [0.29, 0.717) is 11.4 Å². The second-order valence-electron chi connectivity index (χ2n) is 4.46. The van der Waals surface area contributed by atoms with Gasteiger partial charge in [-0.2, -0.15) is 0 Å². The van der Waals surface area contributed by atoms with Crippen molar-refractivity contribution < 1.29 is 4.79 Å². The molecule has 1 amide bonds. The van der Waals surface area contributed by atoms with Crippen molar-refractivity contribution in [2.24, 2.45) is 5.73 Å². The van der Waals surface area contributed by atoms with Gasteiger partial charge < -0.3 is 10.6 Å². The van der Waals surface area contributed by atoms with Crippen molar-refractivity contribution >= 4 is 17.7 Å². The van der Waals surface area contributed by atoms with Gasteiger partial charge in [0.25, 0.3) is 0 Å². The van der Waals surface area contributed by atoms with E-state index in [2.05, 4.69) is 11.8 Å². The number of fused-ring (bicyclic) bond motifs is 1. The number of amides is 1. The fourth-order valence-corrected chi connectivity index (χ4v) is 4.01. The molecule has 0 aromatic heterocycles. The molecule has 0 spiro atoms. The van der Waals surface area contributed by atoms with E-state index in [0.717, 1.165) is 31.4 Å². The molecule has 2 aliphatic heterocycles. The maximum Gasteiger partial charge on any atom is 0.240 e. The number of carbonyl (C=O) groups excluding carboxylic acids is 1. The summed E-state index contributed by atoms with van der Waals surface area (Å²) in [7, 11) is 0. The molecule has 3 atom stereocenters. The molecule has 86 valence electrons. The summed E-state index contributed by atoms with van der Waals surface area (Å²) in [5.74, 6) is 1.22. The average molecular weight is 228 g/mol. The Morgan fingerprint density at radius 2 is 2.27 bits per heavy atom. The summed E-state index contributed by atoms with van der Waals surface area (Å²) in [6.07, 6.45) is 5.48. The first-order valence-electron chi connectivity index (χ1n) is 5.93. The molecule has 0 unspecified atom stereocenters. The van der Waals surface area contributed by atoms with E-state index in [9.17, 15) is 4.79 Å². The normalized spacial score (nSPS) is 37.3. The predicted octanol–water partition coefficient (Wildman–Crippen LogP) is 1.57. The lowest BCUT2D eigenvalue weighted by Gasteiger charge is -2.41. The van der Waals surface area contributed by atoms with Crippen molar-refractivity contribution in [1.29, 1.82) is 0 Å². The van der Waals surface area contributed by atoms with Gasteiger partial charge in [-0.05, 0) is 37.9 Å². The van der Waals surface area contributed by atoms with Crippen LogP contribution in [0.4, 0.5) is 0 Å². The van der Waals surface area contributed by atoms with E-state index in [1.165, 1.54) is 6.42 Å². The summed E-state index contributed by atoms with van der Waals surface area (Å²) in [5, 5.41) is 0.407. The smallest absolute Gasteiger partial charge is 0.240 e. The predicted molar refractivity (Wildman–Crippen MR) is 63.6 cm³/mol. The van der Waals surface area contributed by atoms with Crippen LogP contribution in [-0.4, -0.2) is 34.0 Å². The van der Waals surface area contributed by atoms with Crippen LogP contribution in [0.25, 0.3) is 0 Å². The molecule has 0 saturated carbocycles. The SMILES string of the molecule is CC[C@@H]1CCC[C@@H]2SCC[C@H](N)C(=O)N12. The van der Waals surface area contributed by atoms with Crippen LogP contribution in [0.2, 0.25) is 0 Å². The molecule has 2 rings (SSSR count). The molecule has 2 aliphatic rings. The average Bonchev–Trinajstić information content (AvgIpc) is 2.40. The van der Waals surface area contributed by atoms with Gasteiger partial charge >= 0.3 is 0 Å². The molecular weight excluding hydrogens is 208 g/mol. The van der Waals surface area contributed by atoms with Crippen LogP contribution in [0.5, 0.6) is 0 Å². The highest BCUT2D eigenvalue weighted by atomic mass is 32.2. The lowest BCUT2D eigenvalue weighted by Crippen LogP contribution is -2.52. The van der Waals surface area contributed by atoms with Gasteiger partial charge in [-0.25, -0.2) is 0 Å². The molecule has 15 heavy (non-hydrogen) atoms. The van der Waals surface area contributed by atoms with E-state index >= 15 is 0 Å². The van der Waals surface area contributed by atoms with Crippen molar-refractivity contribution in [2.45, 2.75) is 56.5 Å². The Kier molecular flexibility index (Phi) is 3.57. The fourth-order valence-electron chi connectivity index (χ4n) is 2.57. The minimum atomic E-state index is -0.255. The van der Waals surface area contributed by atoms with Gasteiger partial charge in [0.05, 0.1) is 11.4 Å². The van der Waals surface area contributed by atoms with Crippen LogP contribution in [0, 0.1) is 0 Å². The Morgan fingerprint density at radius 1 is 1.47 bits per heavy atom. The lowest BCUT2D eigenvalue weighted by atomic mass is 9.98. The highest BCUT2D eigenvalue weighted by Crippen LogP contribution is 2.34. The third-order valence-corrected chi connectivity index (χ3v) is 4.79. The first-order chi connectivity index (χ1) is 7.24. The maximum absolute atomic E-state index is 12.1. The number of nitrogens with zero attached hydrogens (tertiary/aromatic N) is 1. The van der Waals surface area contributed by atoms with Gasteiger partial charge in [0.1, 0.15) is 0 Å². The van der Waals surface area contributed by atoms with Gasteiger partial charge in [0.2, 0.25) is 5.91 Å². The quantitative estimate of drug-likeness (QED) is 0.741. The van der Waals surface area contributed by atoms with Gasteiger partial charge in [-0.3, -0.25) is 4.79 Å². The van der Waals surface area contributed by atoms with Gasteiger partial charge in [-0.1, -0.05) is 6.92 Å². The summed E-state index contributed by atoms with van der Waals surface area (Å²) >= 11 is 1.92. The molecule has 2 heterocycles. The molecule has 3 nitrogen and oxygen atoms in total. The zero-order valence-corrected chi connectivity index (χ0v) is 10.1. The highest BCUT2D eigenvalue weighted by Gasteiger charge is 2.37. The van der Waals surface area contributed by atoms with Crippen LogP contribution in [0.1, 0.15) is 39.0 Å². The van der Waals surface area contributed by atoms with Crippen molar-refractivity contribution in [3.05, 3.63) is 0 Å². The number of nitrogens with two attached hydrogens (primary N) is 1. The summed E-state index contributed by atoms with van der Waals surface area (Å²) in [6.45, 7) is 2.17. The van der Waals surface area contributed by atoms with Crippen molar-refractivity contribution in [3.8, 4) is 0 Å². The number of rotatable bonds is 1. The van der Waals surface area contributed by atoms with Crippen molar-refractivity contribution in [3.63, 3.8) is 0 Å². The Balaban J connectivity index is 2.18. The Bertz CT molecular complexity index is 247. The lowest BCUT2D eigenvalue weighted by molar-refractivity contribution is -0.137. The zero-order chi connectivity index (χ0) is 10.8. The molecule has 0 bridgehead atoms. The first-order valence-corrected chi connectivity index (χ1v) is 6.98. The topological polar surface area (TPSA) is 46.3 Å². The Morgan fingerprint density at radius 3 is 3.00 bits per heavy atom. The van der Waals surface area contributed by atoms with Gasteiger partial charge in [-0.15, -0.1) is 11.8 Å². The minimum Gasteiger partial charge on any atom is -0.326 e. The van der Waals surface area contributed by atoms with Gasteiger partial charge in [0, 0.05) is 6.04 Å². The molecule has 0 radical (unpaired) electrons. The fraction of sp³-hybridized carbons (Fsp3) is 0.909. The van der Waals surface area contributed by atoms with Crippen LogP contribution >= 0.6 is 11.8 Å². The zero-order valence-electron chi connectivity index (χ0n) is 9.32. The number of hydrogen-bond acceptors (Lipinski definition) is 3. The van der Waals surface area contributed by atoms with Crippen molar-refractivity contribution in [2.75, 3.05) is 5.75 Å². The minimum absolute atomic E-state index is 0.191. The van der Waals surface area contributed by atoms with E-state index in [4.69, 9.17) is 5.73 Å². The third kappa shape index (κ3) is 2.16. The number of hydrogen-bond donors (Lipinski definition) is 1. The molecule has 0 aromatic rings. The van der Waals surface area contributed by atoms with E-state index < -0.39 is 0 Å². The third-order valence-electron chi connectivity index (χ3n) is 3.47. The first kappa shape index (κ1) is 11.3. The maximum atomic E-state index is 12.1. The standard InChI is InChI=1S/C11H20N2OS/c1-2-8-4-3-5-10-13(8)11(14)9(12)6-7-15-10/h8-10H,2-7,12H2,1H3/t8-,9+,10+/m1/s1. The highest BCUT2D eigenvalue weighted by molar-refractivity contribution is 7.99. The molecule has 2 fully saturated rings. The van der Waals surface area contributed by atoms with E-state index in [-0.39, 0.29) is 11.9 Å². The van der Waals surface area contributed by atoms with Crippen molar-refractivity contribution in [1.82, 2.24) is 4.90 Å². The second-order valence-corrected chi connectivity index (χ2v) is 5.74. The second kappa shape index (κ2) is 4.74. The molecule has 0 aliphatic carbocycles. The largest absolute Gasteiger partial charge is 0.326 e. The summed E-state index contributed by atoms with van der Waals surface area (Å²) in [4.78, 5) is 14.2. The Labute approximate surface area is 95.8 Å². The Hall–Kier alpha value is -0.220. The van der Waals surface area contributed by atoms with Crippen LogP contribution in [-0.2, 0) is 4.79 Å². The van der Waals surface area contributed by atoms with Crippen LogP contribution < -0.4 is 5.73 Å². The summed E-state index contributed by atoms with van der Waals surface area (Å²) in [5.41, 5.74) is 5.90. The van der Waals surface area contributed by atoms with Crippen LogP contribution in [0.3, 0.4) is 0 Å². The van der Waals surface area contributed by atoms with Crippen LogP contribution in [0.15, 0.2) is 0 Å². The summed E-state index contributed by atoms with van der Waals surface area (Å²) in [6, 6.07) is 0.183. The number of carbonyl (C=O) groups is 1. The summed E-state index contributed by atoms with van der Waals surface area (Å²) < 4.78 is 0. The number of thioether (sulfide) groups is 1. The molecule has 2 saturated heterocycles. The molecular formula is C11H20N2OS. The van der Waals surface area contributed by atoms with Gasteiger partial charge in [0.15, 0.2) is 0 Å². The number of piperidine rings is 1. The molecule has 2 N–H and O–H groups in total. The van der Waals surface area contributed by atoms with E-state index in [1.54, 1.807) is 0 Å².